The zero-order valence-electron chi connectivity index (χ0n) is 18.3. The van der Waals surface area contributed by atoms with E-state index >= 15 is 0 Å². The summed E-state index contributed by atoms with van der Waals surface area (Å²) in [5.74, 6) is 1.86. The van der Waals surface area contributed by atoms with Crippen LogP contribution in [-0.4, -0.2) is 34.7 Å². The van der Waals surface area contributed by atoms with Gasteiger partial charge in [-0.25, -0.2) is 0 Å². The third-order valence-corrected chi connectivity index (χ3v) is 7.88. The van der Waals surface area contributed by atoms with Gasteiger partial charge < -0.3 is 9.84 Å². The third-order valence-electron chi connectivity index (χ3n) is 7.88. The van der Waals surface area contributed by atoms with E-state index in [1.165, 1.54) is 5.56 Å². The molecule has 5 unspecified atom stereocenters. The molecule has 5 rings (SSSR count). The van der Waals surface area contributed by atoms with Gasteiger partial charge in [-0.15, -0.1) is 0 Å². The molecule has 1 aliphatic heterocycles. The molecule has 31 heavy (non-hydrogen) atoms. The van der Waals surface area contributed by atoms with Crippen LogP contribution in [0.3, 0.4) is 0 Å². The van der Waals surface area contributed by atoms with Crippen LogP contribution < -0.4 is 0 Å². The number of rotatable bonds is 7. The van der Waals surface area contributed by atoms with E-state index in [0.717, 1.165) is 50.8 Å². The summed E-state index contributed by atoms with van der Waals surface area (Å²) in [4.78, 5) is 15.8. The standard InChI is InChI=1S/C27H33NO3/c1-18-26-24(25(26)17-28(18)16-19-7-3-2-4-8-19)15-23(20-11-13-21(29)14-12-20)27(30)31-22-9-5-6-10-22/h2-4,7-8,11-14,18,22-26,29H,5-6,9-10,15-17H2,1H3. The number of nitrogens with zero attached hydrogens (tertiary/aromatic N) is 1. The van der Waals surface area contributed by atoms with Crippen LogP contribution in [0.2, 0.25) is 0 Å². The van der Waals surface area contributed by atoms with Gasteiger partial charge in [0.1, 0.15) is 11.9 Å². The minimum atomic E-state index is -0.230. The Morgan fingerprint density at radius 2 is 1.81 bits per heavy atom. The van der Waals surface area contributed by atoms with E-state index in [-0.39, 0.29) is 23.7 Å². The molecule has 0 radical (unpaired) electrons. The molecule has 2 aromatic rings. The molecule has 0 spiro atoms. The summed E-state index contributed by atoms with van der Waals surface area (Å²) in [6, 6.07) is 18.4. The van der Waals surface area contributed by atoms with E-state index in [4.69, 9.17) is 4.74 Å². The fourth-order valence-electron chi connectivity index (χ4n) is 6.09. The van der Waals surface area contributed by atoms with Crippen molar-refractivity contribution in [1.29, 1.82) is 0 Å². The van der Waals surface area contributed by atoms with Gasteiger partial charge in [-0.3, -0.25) is 9.69 Å². The number of benzene rings is 2. The number of aromatic hydroxyl groups is 1. The van der Waals surface area contributed by atoms with E-state index in [2.05, 4.69) is 42.2 Å². The van der Waals surface area contributed by atoms with Crippen LogP contribution in [0.1, 0.15) is 56.1 Å². The highest BCUT2D eigenvalue weighted by molar-refractivity contribution is 5.78. The summed E-state index contributed by atoms with van der Waals surface area (Å²) in [7, 11) is 0. The minimum Gasteiger partial charge on any atom is -0.508 e. The Bertz CT molecular complexity index is 890. The second kappa shape index (κ2) is 8.66. The van der Waals surface area contributed by atoms with Gasteiger partial charge in [-0.2, -0.15) is 0 Å². The first-order valence-electron chi connectivity index (χ1n) is 11.9. The van der Waals surface area contributed by atoms with Crippen LogP contribution in [0.5, 0.6) is 5.75 Å². The molecule has 0 aromatic heterocycles. The number of ether oxygens (including phenoxy) is 1. The fourth-order valence-corrected chi connectivity index (χ4v) is 6.09. The lowest BCUT2D eigenvalue weighted by Gasteiger charge is -2.27. The number of likely N-dealkylation sites (tertiary alicyclic amines) is 1. The highest BCUT2D eigenvalue weighted by atomic mass is 16.5. The summed E-state index contributed by atoms with van der Waals surface area (Å²) < 4.78 is 5.92. The Morgan fingerprint density at radius 3 is 2.45 bits per heavy atom. The molecule has 2 saturated carbocycles. The molecule has 4 heteroatoms. The molecule has 2 aliphatic carbocycles. The lowest BCUT2D eigenvalue weighted by Crippen LogP contribution is -2.32. The molecule has 2 aromatic carbocycles. The van der Waals surface area contributed by atoms with Crippen molar-refractivity contribution in [3.8, 4) is 5.75 Å². The zero-order valence-corrected chi connectivity index (χ0v) is 18.3. The van der Waals surface area contributed by atoms with Crippen LogP contribution >= 0.6 is 0 Å². The first-order valence-corrected chi connectivity index (χ1v) is 11.9. The topological polar surface area (TPSA) is 49.8 Å². The van der Waals surface area contributed by atoms with E-state index in [0.29, 0.717) is 23.8 Å². The van der Waals surface area contributed by atoms with Gasteiger partial charge in [0.15, 0.2) is 0 Å². The van der Waals surface area contributed by atoms with E-state index in [1.807, 2.05) is 12.1 Å². The van der Waals surface area contributed by atoms with Crippen molar-refractivity contribution in [2.24, 2.45) is 17.8 Å². The number of hydrogen-bond donors (Lipinski definition) is 1. The highest BCUT2D eigenvalue weighted by Gasteiger charge is 2.59. The maximum absolute atomic E-state index is 13.2. The number of esters is 1. The van der Waals surface area contributed by atoms with E-state index < -0.39 is 0 Å². The first-order chi connectivity index (χ1) is 15.1. The fraction of sp³-hybridized carbons (Fsp3) is 0.519. The van der Waals surface area contributed by atoms with Gasteiger partial charge in [0.25, 0.3) is 0 Å². The molecule has 1 N–H and O–H groups in total. The maximum atomic E-state index is 13.2. The van der Waals surface area contributed by atoms with Crippen molar-refractivity contribution < 1.29 is 14.6 Å². The number of carbonyl (C=O) groups is 1. The molecule has 5 atom stereocenters. The summed E-state index contributed by atoms with van der Waals surface area (Å²) >= 11 is 0. The Morgan fingerprint density at radius 1 is 1.10 bits per heavy atom. The molecule has 0 bridgehead atoms. The largest absolute Gasteiger partial charge is 0.508 e. The Balaban J connectivity index is 1.25. The highest BCUT2D eigenvalue weighted by Crippen LogP contribution is 2.59. The molecule has 3 fully saturated rings. The van der Waals surface area contributed by atoms with Crippen molar-refractivity contribution in [1.82, 2.24) is 4.90 Å². The second-order valence-corrected chi connectivity index (χ2v) is 9.78. The molecule has 1 heterocycles. The van der Waals surface area contributed by atoms with E-state index in [9.17, 15) is 9.90 Å². The van der Waals surface area contributed by atoms with Gasteiger partial charge in [0.05, 0.1) is 5.92 Å². The predicted octanol–water partition coefficient (Wildman–Crippen LogP) is 5.12. The second-order valence-electron chi connectivity index (χ2n) is 9.78. The first kappa shape index (κ1) is 20.6. The number of phenols is 1. The molecule has 4 nitrogen and oxygen atoms in total. The molecule has 1 saturated heterocycles. The van der Waals surface area contributed by atoms with Crippen LogP contribution in [0.15, 0.2) is 54.6 Å². The van der Waals surface area contributed by atoms with Gasteiger partial charge in [0.2, 0.25) is 0 Å². The summed E-state index contributed by atoms with van der Waals surface area (Å²) in [5, 5.41) is 9.70. The number of phenolic OH excluding ortho intramolecular Hbond substituents is 1. The van der Waals surface area contributed by atoms with Gasteiger partial charge in [0, 0.05) is 19.1 Å². The Hall–Kier alpha value is -2.33. The minimum absolute atomic E-state index is 0.0728. The summed E-state index contributed by atoms with van der Waals surface area (Å²) in [5.41, 5.74) is 2.34. The van der Waals surface area contributed by atoms with Crippen LogP contribution in [0, 0.1) is 17.8 Å². The zero-order chi connectivity index (χ0) is 21.4. The monoisotopic (exact) mass is 419 g/mol. The molecular weight excluding hydrogens is 386 g/mol. The van der Waals surface area contributed by atoms with Crippen molar-refractivity contribution in [2.45, 2.75) is 63.6 Å². The van der Waals surface area contributed by atoms with Crippen molar-refractivity contribution >= 4 is 5.97 Å². The van der Waals surface area contributed by atoms with Gasteiger partial charge in [-0.05, 0) is 80.0 Å². The number of hydrogen-bond acceptors (Lipinski definition) is 4. The van der Waals surface area contributed by atoms with Crippen LogP contribution in [0.4, 0.5) is 0 Å². The van der Waals surface area contributed by atoms with E-state index in [1.54, 1.807) is 12.1 Å². The van der Waals surface area contributed by atoms with Crippen LogP contribution in [0.25, 0.3) is 0 Å². The third kappa shape index (κ3) is 4.36. The molecular formula is C27H33NO3. The predicted molar refractivity (Wildman–Crippen MR) is 121 cm³/mol. The lowest BCUT2D eigenvalue weighted by atomic mass is 9.91. The summed E-state index contributed by atoms with van der Waals surface area (Å²) in [6.45, 7) is 4.47. The quantitative estimate of drug-likeness (QED) is 0.633. The molecule has 3 aliphatic rings. The molecule has 0 amide bonds. The smallest absolute Gasteiger partial charge is 0.313 e. The maximum Gasteiger partial charge on any atom is 0.313 e. The number of carbonyl (C=O) groups excluding carboxylic acids is 1. The van der Waals surface area contributed by atoms with Crippen molar-refractivity contribution in [3.63, 3.8) is 0 Å². The summed E-state index contributed by atoms with van der Waals surface area (Å²) in [6.07, 6.45) is 5.25. The lowest BCUT2D eigenvalue weighted by molar-refractivity contribution is -0.151. The Kier molecular flexibility index (Phi) is 5.75. The van der Waals surface area contributed by atoms with Gasteiger partial charge in [-0.1, -0.05) is 42.5 Å². The van der Waals surface area contributed by atoms with Crippen LogP contribution in [-0.2, 0) is 16.1 Å². The average molecular weight is 420 g/mol. The SMILES string of the molecule is CC1C2C(CC(C(=O)OC3CCCC3)c3ccc(O)cc3)C2CN1Cc1ccccc1. The normalized spacial score (nSPS) is 28.9. The number of fused-ring (bicyclic) bond motifs is 1. The Labute approximate surface area is 185 Å². The number of piperidine rings is 1. The van der Waals surface area contributed by atoms with Gasteiger partial charge >= 0.3 is 5.97 Å². The average Bonchev–Trinajstić information content (AvgIpc) is 3.06. The van der Waals surface area contributed by atoms with Crippen molar-refractivity contribution in [2.75, 3.05) is 6.54 Å². The van der Waals surface area contributed by atoms with Crippen molar-refractivity contribution in [3.05, 3.63) is 65.7 Å². The molecule has 164 valence electrons.